The number of carbonyl (C=O) groups is 2. The largest absolute Gasteiger partial charge is 0.352 e. The average Bonchev–Trinajstić information content (AvgIpc) is 2.96. The standard InChI is InChI=1S/C32H38BrN3O4S/c1-24-20-28(18-19-29(24)33)36(41(2,39)40)23-31(37)35(22-26-14-8-4-9-15-26)30(21-25-12-6-3-7-13-25)32(38)34-27-16-10-5-11-17-27/h3-4,6-9,12-15,18-20,27,30H,5,10-11,16-17,21-23H2,1-2H3,(H,34,38)/t30-/m0/s1. The number of halogens is 1. The van der Waals surface area contributed by atoms with E-state index in [0.717, 1.165) is 63.8 Å². The fraction of sp³-hybridized carbons (Fsp3) is 0.375. The van der Waals surface area contributed by atoms with Gasteiger partial charge in [0.25, 0.3) is 0 Å². The Morgan fingerprint density at radius 1 is 0.927 bits per heavy atom. The summed E-state index contributed by atoms with van der Waals surface area (Å²) in [5, 5.41) is 3.22. The summed E-state index contributed by atoms with van der Waals surface area (Å²) in [4.78, 5) is 29.7. The zero-order valence-electron chi connectivity index (χ0n) is 23.6. The lowest BCUT2D eigenvalue weighted by Crippen LogP contribution is -2.55. The quantitative estimate of drug-likeness (QED) is 0.295. The van der Waals surface area contributed by atoms with Crippen molar-refractivity contribution in [1.29, 1.82) is 0 Å². The van der Waals surface area contributed by atoms with Crippen LogP contribution < -0.4 is 9.62 Å². The minimum atomic E-state index is -3.81. The Balaban J connectivity index is 1.71. The maximum absolute atomic E-state index is 14.2. The van der Waals surface area contributed by atoms with Crippen molar-refractivity contribution in [1.82, 2.24) is 10.2 Å². The SMILES string of the molecule is Cc1cc(N(CC(=O)N(Cc2ccccc2)[C@@H](Cc2ccccc2)C(=O)NC2CCCCC2)S(C)(=O)=O)ccc1Br. The molecule has 0 spiro atoms. The maximum Gasteiger partial charge on any atom is 0.244 e. The zero-order valence-corrected chi connectivity index (χ0v) is 26.0. The number of sulfonamides is 1. The number of nitrogens with zero attached hydrogens (tertiary/aromatic N) is 2. The van der Waals surface area contributed by atoms with Crippen LogP contribution in [0.1, 0.15) is 48.8 Å². The molecule has 0 saturated heterocycles. The third-order valence-electron chi connectivity index (χ3n) is 7.53. The van der Waals surface area contributed by atoms with E-state index in [-0.39, 0.29) is 18.5 Å². The number of benzene rings is 3. The molecule has 0 bridgehead atoms. The van der Waals surface area contributed by atoms with Crippen LogP contribution in [0.2, 0.25) is 0 Å². The Bertz CT molecular complexity index is 1430. The maximum atomic E-state index is 14.2. The predicted octanol–water partition coefficient (Wildman–Crippen LogP) is 5.61. The van der Waals surface area contributed by atoms with Gasteiger partial charge in [0.15, 0.2) is 0 Å². The minimum Gasteiger partial charge on any atom is -0.352 e. The number of nitrogens with one attached hydrogen (secondary N) is 1. The molecular weight excluding hydrogens is 602 g/mol. The number of hydrogen-bond donors (Lipinski definition) is 1. The van der Waals surface area contributed by atoms with E-state index in [1.54, 1.807) is 23.1 Å². The smallest absolute Gasteiger partial charge is 0.244 e. The third-order valence-corrected chi connectivity index (χ3v) is 9.56. The van der Waals surface area contributed by atoms with Gasteiger partial charge in [0.1, 0.15) is 12.6 Å². The van der Waals surface area contributed by atoms with Crippen LogP contribution in [-0.2, 0) is 32.6 Å². The van der Waals surface area contributed by atoms with Gasteiger partial charge in [-0.05, 0) is 54.7 Å². The van der Waals surface area contributed by atoms with Crippen molar-refractivity contribution in [3.05, 3.63) is 100 Å². The van der Waals surface area contributed by atoms with Crippen molar-refractivity contribution < 1.29 is 18.0 Å². The molecule has 1 saturated carbocycles. The van der Waals surface area contributed by atoms with Crippen molar-refractivity contribution >= 4 is 43.5 Å². The fourth-order valence-corrected chi connectivity index (χ4v) is 6.36. The fourth-order valence-electron chi connectivity index (χ4n) is 5.28. The number of anilines is 1. The Morgan fingerprint density at radius 2 is 1.54 bits per heavy atom. The van der Waals surface area contributed by atoms with E-state index < -0.39 is 28.5 Å². The second-order valence-electron chi connectivity index (χ2n) is 10.8. The van der Waals surface area contributed by atoms with Gasteiger partial charge in [0.2, 0.25) is 21.8 Å². The molecule has 4 rings (SSSR count). The molecule has 9 heteroatoms. The van der Waals surface area contributed by atoms with Crippen LogP contribution in [0.5, 0.6) is 0 Å². The molecule has 7 nitrogen and oxygen atoms in total. The van der Waals surface area contributed by atoms with E-state index in [4.69, 9.17) is 0 Å². The molecule has 1 aliphatic rings. The lowest BCUT2D eigenvalue weighted by atomic mass is 9.94. The molecule has 218 valence electrons. The molecule has 0 unspecified atom stereocenters. The monoisotopic (exact) mass is 639 g/mol. The second kappa shape index (κ2) is 14.1. The topological polar surface area (TPSA) is 86.8 Å². The molecule has 1 fully saturated rings. The van der Waals surface area contributed by atoms with Crippen LogP contribution in [-0.4, -0.2) is 50.0 Å². The Kier molecular flexibility index (Phi) is 10.6. The van der Waals surface area contributed by atoms with Crippen molar-refractivity contribution in [3.8, 4) is 0 Å². The highest BCUT2D eigenvalue weighted by Crippen LogP contribution is 2.26. The molecule has 1 N–H and O–H groups in total. The van der Waals surface area contributed by atoms with E-state index in [2.05, 4.69) is 21.2 Å². The Hall–Kier alpha value is -3.17. The highest BCUT2D eigenvalue weighted by atomic mass is 79.9. The van der Waals surface area contributed by atoms with Crippen LogP contribution in [0.25, 0.3) is 0 Å². The molecule has 0 radical (unpaired) electrons. The number of amides is 2. The summed E-state index contributed by atoms with van der Waals surface area (Å²) >= 11 is 3.46. The van der Waals surface area contributed by atoms with Crippen LogP contribution in [0.4, 0.5) is 5.69 Å². The van der Waals surface area contributed by atoms with E-state index in [0.29, 0.717) is 12.1 Å². The van der Waals surface area contributed by atoms with Gasteiger partial charge >= 0.3 is 0 Å². The van der Waals surface area contributed by atoms with E-state index in [1.807, 2.05) is 67.6 Å². The molecular formula is C32H38BrN3O4S. The lowest BCUT2D eigenvalue weighted by molar-refractivity contribution is -0.140. The molecule has 0 aliphatic heterocycles. The molecule has 0 aromatic heterocycles. The Labute approximate surface area is 252 Å². The number of hydrogen-bond acceptors (Lipinski definition) is 4. The van der Waals surface area contributed by atoms with Gasteiger partial charge < -0.3 is 10.2 Å². The number of rotatable bonds is 11. The van der Waals surface area contributed by atoms with E-state index in [9.17, 15) is 18.0 Å². The number of carbonyl (C=O) groups excluding carboxylic acids is 2. The summed E-state index contributed by atoms with van der Waals surface area (Å²) in [5.74, 6) is -0.657. The molecule has 0 heterocycles. The van der Waals surface area contributed by atoms with Crippen LogP contribution in [0.3, 0.4) is 0 Å². The predicted molar refractivity (Wildman–Crippen MR) is 167 cm³/mol. The van der Waals surface area contributed by atoms with Crippen LogP contribution in [0.15, 0.2) is 83.3 Å². The van der Waals surface area contributed by atoms with Gasteiger partial charge in [0, 0.05) is 23.5 Å². The van der Waals surface area contributed by atoms with E-state index >= 15 is 0 Å². The third kappa shape index (κ3) is 8.66. The minimum absolute atomic E-state index is 0.0708. The lowest BCUT2D eigenvalue weighted by Gasteiger charge is -2.35. The van der Waals surface area contributed by atoms with E-state index in [1.165, 1.54) is 0 Å². The van der Waals surface area contributed by atoms with Crippen molar-refractivity contribution in [2.24, 2.45) is 0 Å². The second-order valence-corrected chi connectivity index (χ2v) is 13.5. The summed E-state index contributed by atoms with van der Waals surface area (Å²) < 4.78 is 27.9. The summed E-state index contributed by atoms with van der Waals surface area (Å²) in [6, 6.07) is 23.5. The summed E-state index contributed by atoms with van der Waals surface area (Å²) in [5.41, 5.74) is 3.02. The molecule has 3 aromatic carbocycles. The highest BCUT2D eigenvalue weighted by molar-refractivity contribution is 9.10. The van der Waals surface area contributed by atoms with Gasteiger partial charge in [-0.15, -0.1) is 0 Å². The molecule has 2 amide bonds. The van der Waals surface area contributed by atoms with Crippen molar-refractivity contribution in [3.63, 3.8) is 0 Å². The van der Waals surface area contributed by atoms with Crippen LogP contribution >= 0.6 is 15.9 Å². The van der Waals surface area contributed by atoms with Gasteiger partial charge in [-0.3, -0.25) is 13.9 Å². The molecule has 1 aliphatic carbocycles. The van der Waals surface area contributed by atoms with Gasteiger partial charge in [0.05, 0.1) is 11.9 Å². The summed E-state index contributed by atoms with van der Waals surface area (Å²) in [7, 11) is -3.81. The van der Waals surface area contributed by atoms with Gasteiger partial charge in [-0.1, -0.05) is 95.9 Å². The molecule has 41 heavy (non-hydrogen) atoms. The van der Waals surface area contributed by atoms with Crippen molar-refractivity contribution in [2.75, 3.05) is 17.1 Å². The normalized spacial score (nSPS) is 14.7. The van der Waals surface area contributed by atoms with Crippen LogP contribution in [0, 0.1) is 6.92 Å². The Morgan fingerprint density at radius 3 is 2.12 bits per heavy atom. The molecule has 3 aromatic rings. The van der Waals surface area contributed by atoms with Crippen molar-refractivity contribution in [2.45, 2.75) is 64.1 Å². The summed E-state index contributed by atoms with van der Waals surface area (Å²) in [6.45, 7) is 1.62. The first-order valence-electron chi connectivity index (χ1n) is 14.0. The first-order valence-corrected chi connectivity index (χ1v) is 16.7. The van der Waals surface area contributed by atoms with Gasteiger partial charge in [-0.2, -0.15) is 0 Å². The zero-order chi connectivity index (χ0) is 29.4. The van der Waals surface area contributed by atoms with Gasteiger partial charge in [-0.25, -0.2) is 8.42 Å². The first-order chi connectivity index (χ1) is 19.6. The average molecular weight is 641 g/mol. The first kappa shape index (κ1) is 30.8. The highest BCUT2D eigenvalue weighted by Gasteiger charge is 2.34. The molecule has 1 atom stereocenters. The summed E-state index contributed by atoms with van der Waals surface area (Å²) in [6.07, 6.45) is 6.54. The number of aryl methyl sites for hydroxylation is 1.